The number of rotatable bonds is 6. The molecule has 0 spiro atoms. The number of hydrogen-bond acceptors (Lipinski definition) is 6. The second-order valence-corrected chi connectivity index (χ2v) is 7.52. The van der Waals surface area contributed by atoms with Crippen LogP contribution in [0.3, 0.4) is 0 Å². The molecule has 0 radical (unpaired) electrons. The summed E-state index contributed by atoms with van der Waals surface area (Å²) in [5.41, 5.74) is 13.1. The smallest absolute Gasteiger partial charge is 0.201 e. The molecule has 1 fully saturated rings. The second-order valence-electron chi connectivity index (χ2n) is 6.70. The Labute approximate surface area is 195 Å². The van der Waals surface area contributed by atoms with Gasteiger partial charge in [-0.15, -0.1) is 0 Å². The zero-order valence-electron chi connectivity index (χ0n) is 17.0. The molecule has 3 rings (SSSR count). The third-order valence-electron chi connectivity index (χ3n) is 4.30. The molecule has 0 amide bonds. The Balaban J connectivity index is 1.31. The number of hydrazone groups is 2. The maximum atomic E-state index is 12.9. The first-order valence-electron chi connectivity index (χ1n) is 9.68. The van der Waals surface area contributed by atoms with Crippen molar-refractivity contribution in [2.75, 3.05) is 26.2 Å². The van der Waals surface area contributed by atoms with Crippen molar-refractivity contribution in [3.05, 3.63) is 71.3 Å². The Morgan fingerprint density at radius 1 is 0.688 bits per heavy atom. The summed E-state index contributed by atoms with van der Waals surface area (Å²) in [5, 5.41) is 12.7. The molecule has 0 atom stereocenters. The number of nitrogens with zero attached hydrogens (tertiary/aromatic N) is 4. The van der Waals surface area contributed by atoms with Crippen LogP contribution >= 0.6 is 24.4 Å². The minimum Gasteiger partial charge on any atom is -0.294 e. The molecule has 2 aromatic rings. The Hall–Kier alpha value is -3.06. The maximum Gasteiger partial charge on any atom is 0.201 e. The van der Waals surface area contributed by atoms with Crippen LogP contribution in [-0.2, 0) is 0 Å². The summed E-state index contributed by atoms with van der Waals surface area (Å²) in [5.74, 6) is -0.592. The maximum absolute atomic E-state index is 12.9. The first-order chi connectivity index (χ1) is 15.5. The van der Waals surface area contributed by atoms with Gasteiger partial charge in [0.05, 0.1) is 12.4 Å². The molecule has 0 aliphatic carbocycles. The highest BCUT2D eigenvalue weighted by molar-refractivity contribution is 7.80. The first-order valence-corrected chi connectivity index (χ1v) is 10.5. The van der Waals surface area contributed by atoms with Gasteiger partial charge < -0.3 is 0 Å². The van der Waals surface area contributed by atoms with E-state index in [0.29, 0.717) is 36.4 Å². The monoisotopic (exact) mass is 476 g/mol. The van der Waals surface area contributed by atoms with E-state index in [-0.39, 0.29) is 11.6 Å². The summed E-state index contributed by atoms with van der Waals surface area (Å²) in [4.78, 5) is 0. The van der Waals surface area contributed by atoms with Crippen LogP contribution in [0.25, 0.3) is 0 Å². The van der Waals surface area contributed by atoms with Crippen molar-refractivity contribution < 1.29 is 8.78 Å². The average Bonchev–Trinajstić information content (AvgIpc) is 2.78. The topological polar surface area (TPSA) is 79.3 Å². The van der Waals surface area contributed by atoms with Crippen LogP contribution in [0.2, 0.25) is 0 Å². The van der Waals surface area contributed by atoms with Crippen molar-refractivity contribution in [2.45, 2.75) is 0 Å². The van der Waals surface area contributed by atoms with E-state index in [1.807, 2.05) is 10.0 Å². The lowest BCUT2D eigenvalue weighted by atomic mass is 10.2. The van der Waals surface area contributed by atoms with Gasteiger partial charge in [-0.3, -0.25) is 21.7 Å². The van der Waals surface area contributed by atoms with Crippen LogP contribution in [0, 0.1) is 11.6 Å². The van der Waals surface area contributed by atoms with Gasteiger partial charge in [0, 0.05) is 26.2 Å². The summed E-state index contributed by atoms with van der Waals surface area (Å²) >= 11 is 10.5. The van der Waals surface area contributed by atoms with Gasteiger partial charge in [0.2, 0.25) is 10.2 Å². The molecule has 12 heteroatoms. The predicted molar refractivity (Wildman–Crippen MR) is 129 cm³/mol. The van der Waals surface area contributed by atoms with Crippen LogP contribution in [0.5, 0.6) is 0 Å². The molecular formula is C20H22F2N8S2. The molecule has 1 heterocycles. The molecule has 4 N–H and O–H groups in total. The molecule has 8 nitrogen and oxygen atoms in total. The van der Waals surface area contributed by atoms with Crippen molar-refractivity contribution in [3.8, 4) is 0 Å². The Morgan fingerprint density at radius 3 is 1.38 bits per heavy atom. The van der Waals surface area contributed by atoms with Crippen molar-refractivity contribution in [3.63, 3.8) is 0 Å². The number of benzene rings is 2. The van der Waals surface area contributed by atoms with Gasteiger partial charge >= 0.3 is 0 Å². The number of hydrogen-bond donors (Lipinski definition) is 4. The molecule has 0 bridgehead atoms. The zero-order valence-corrected chi connectivity index (χ0v) is 18.6. The van der Waals surface area contributed by atoms with E-state index >= 15 is 0 Å². The van der Waals surface area contributed by atoms with Crippen LogP contribution in [0.1, 0.15) is 11.1 Å². The van der Waals surface area contributed by atoms with Gasteiger partial charge in [0.15, 0.2) is 0 Å². The predicted octanol–water partition coefficient (Wildman–Crippen LogP) is 1.71. The number of halogens is 2. The van der Waals surface area contributed by atoms with E-state index < -0.39 is 0 Å². The first kappa shape index (κ1) is 23.6. The lowest BCUT2D eigenvalue weighted by molar-refractivity contribution is 0.0936. The highest BCUT2D eigenvalue weighted by Gasteiger charge is 2.17. The Bertz CT molecular complexity index is 879. The number of piperazine rings is 1. The number of nitrogens with one attached hydrogen (secondary N) is 4. The minimum absolute atomic E-state index is 0.296. The van der Waals surface area contributed by atoms with Crippen LogP contribution in [0.4, 0.5) is 8.78 Å². The molecule has 32 heavy (non-hydrogen) atoms. The fourth-order valence-corrected chi connectivity index (χ4v) is 3.06. The van der Waals surface area contributed by atoms with Crippen molar-refractivity contribution in [1.82, 2.24) is 31.7 Å². The molecule has 1 saturated heterocycles. The summed E-state index contributed by atoms with van der Waals surface area (Å²) in [7, 11) is 0. The van der Waals surface area contributed by atoms with E-state index in [0.717, 1.165) is 11.1 Å². The molecule has 168 valence electrons. The highest BCUT2D eigenvalue weighted by Crippen LogP contribution is 2.01. The quantitative estimate of drug-likeness (QED) is 0.285. The SMILES string of the molecule is Fc1ccc(C=NNC(=S)NN2CCN(NC(=S)NN=Cc3ccc(F)cc3)CC2)cc1. The van der Waals surface area contributed by atoms with E-state index in [1.54, 1.807) is 36.7 Å². The summed E-state index contributed by atoms with van der Waals surface area (Å²) in [6, 6.07) is 11.9. The van der Waals surface area contributed by atoms with E-state index in [9.17, 15) is 8.78 Å². The molecule has 1 aliphatic rings. The van der Waals surface area contributed by atoms with Gasteiger partial charge in [-0.1, -0.05) is 24.3 Å². The number of hydrazine groups is 2. The largest absolute Gasteiger partial charge is 0.294 e. The van der Waals surface area contributed by atoms with Gasteiger partial charge in [0.1, 0.15) is 11.6 Å². The highest BCUT2D eigenvalue weighted by atomic mass is 32.1. The van der Waals surface area contributed by atoms with Gasteiger partial charge in [-0.25, -0.2) is 18.8 Å². The molecule has 0 saturated carbocycles. The van der Waals surface area contributed by atoms with Crippen molar-refractivity contribution in [2.24, 2.45) is 10.2 Å². The summed E-state index contributed by atoms with van der Waals surface area (Å²) in [6.45, 7) is 2.77. The van der Waals surface area contributed by atoms with E-state index in [4.69, 9.17) is 24.4 Å². The minimum atomic E-state index is -0.296. The summed E-state index contributed by atoms with van der Waals surface area (Å²) < 4.78 is 25.8. The average molecular weight is 477 g/mol. The Kier molecular flexibility index (Phi) is 8.92. The fraction of sp³-hybridized carbons (Fsp3) is 0.200. The third-order valence-corrected chi connectivity index (χ3v) is 4.66. The standard InChI is InChI=1S/C20H22F2N8S2/c21-17-5-1-15(2-6-17)13-23-25-19(31)27-29-9-11-30(12-10-29)28-20(32)26-24-14-16-3-7-18(22)8-4-16/h1-8,13-14H,9-12H2,(H2,25,27,31)(H2,26,28,32). The van der Waals surface area contributed by atoms with Gasteiger partial charge in [-0.05, 0) is 59.8 Å². The second kappa shape index (κ2) is 12.1. The fourth-order valence-electron chi connectivity index (χ4n) is 2.70. The third kappa shape index (κ3) is 8.23. The van der Waals surface area contributed by atoms with Gasteiger partial charge in [-0.2, -0.15) is 10.2 Å². The van der Waals surface area contributed by atoms with Crippen molar-refractivity contribution in [1.29, 1.82) is 0 Å². The molecule has 0 aromatic heterocycles. The molecule has 0 unspecified atom stereocenters. The lowest BCUT2D eigenvalue weighted by Crippen LogP contribution is -2.59. The van der Waals surface area contributed by atoms with E-state index in [1.165, 1.54) is 24.3 Å². The number of thiocarbonyl (C=S) groups is 2. The van der Waals surface area contributed by atoms with E-state index in [2.05, 4.69) is 31.9 Å². The van der Waals surface area contributed by atoms with Gasteiger partial charge in [0.25, 0.3) is 0 Å². The normalized spacial score (nSPS) is 15.1. The summed E-state index contributed by atoms with van der Waals surface area (Å²) in [6.07, 6.45) is 3.11. The lowest BCUT2D eigenvalue weighted by Gasteiger charge is -2.35. The van der Waals surface area contributed by atoms with Crippen LogP contribution in [-0.4, -0.2) is 58.9 Å². The molecular weight excluding hydrogens is 454 g/mol. The van der Waals surface area contributed by atoms with Crippen LogP contribution in [0.15, 0.2) is 58.7 Å². The van der Waals surface area contributed by atoms with Crippen LogP contribution < -0.4 is 21.7 Å². The molecule has 1 aliphatic heterocycles. The van der Waals surface area contributed by atoms with Crippen molar-refractivity contribution >= 4 is 47.1 Å². The molecule has 2 aromatic carbocycles. The zero-order chi connectivity index (χ0) is 22.8. The Morgan fingerprint density at radius 2 is 1.03 bits per heavy atom.